The lowest BCUT2D eigenvalue weighted by Crippen LogP contribution is -2.39. The fourth-order valence-corrected chi connectivity index (χ4v) is 2.12. The van der Waals surface area contributed by atoms with Gasteiger partial charge in [-0.3, -0.25) is 4.79 Å². The summed E-state index contributed by atoms with van der Waals surface area (Å²) in [5.74, 6) is -1.73. The second-order valence-electron chi connectivity index (χ2n) is 5.27. The summed E-state index contributed by atoms with van der Waals surface area (Å²) in [4.78, 5) is 28.3. The van der Waals surface area contributed by atoms with E-state index >= 15 is 0 Å². The molecule has 0 bridgehead atoms. The number of carbonyl (C=O) groups excluding carboxylic acids is 1. The first-order valence-corrected chi connectivity index (χ1v) is 6.67. The van der Waals surface area contributed by atoms with Gasteiger partial charge < -0.3 is 14.7 Å². The molecule has 1 amide bonds. The summed E-state index contributed by atoms with van der Waals surface area (Å²) < 4.78 is 19.4. The van der Waals surface area contributed by atoms with Crippen LogP contribution in [-0.2, 0) is 4.79 Å². The van der Waals surface area contributed by atoms with Crippen molar-refractivity contribution in [2.45, 2.75) is 32.0 Å². The number of aromatic nitrogens is 1. The van der Waals surface area contributed by atoms with E-state index in [0.717, 1.165) is 4.90 Å². The monoisotopic (exact) mass is 296 g/mol. The van der Waals surface area contributed by atoms with Crippen molar-refractivity contribution in [1.29, 1.82) is 0 Å². The number of amides is 1. The molecule has 114 valence electrons. The van der Waals surface area contributed by atoms with E-state index in [1.54, 1.807) is 12.1 Å². The normalized spacial score (nSPS) is 21.6. The van der Waals surface area contributed by atoms with E-state index in [0.29, 0.717) is 5.88 Å². The minimum absolute atomic E-state index is 0.0541. The number of alkyl halides is 1. The molecule has 21 heavy (non-hydrogen) atoms. The first kappa shape index (κ1) is 15.2. The second kappa shape index (κ2) is 5.67. The maximum absolute atomic E-state index is 14.0. The second-order valence-corrected chi connectivity index (χ2v) is 5.27. The van der Waals surface area contributed by atoms with E-state index in [1.165, 1.54) is 6.07 Å². The van der Waals surface area contributed by atoms with E-state index in [1.807, 2.05) is 13.8 Å². The lowest BCUT2D eigenvalue weighted by Gasteiger charge is -2.17. The lowest BCUT2D eigenvalue weighted by atomic mass is 10.1. The third-order valence-electron chi connectivity index (χ3n) is 3.19. The smallest absolute Gasteiger partial charge is 0.343 e. The summed E-state index contributed by atoms with van der Waals surface area (Å²) in [6, 6.07) is 4.74. The van der Waals surface area contributed by atoms with Crippen LogP contribution in [0.5, 0.6) is 5.88 Å². The van der Waals surface area contributed by atoms with Crippen molar-refractivity contribution < 1.29 is 23.8 Å². The SMILES string of the molecule is CC(C)Oc1cccc(C(=O)N2CC[C@@](F)(C(=O)O)C2)n1. The van der Waals surface area contributed by atoms with Crippen LogP contribution in [0.3, 0.4) is 0 Å². The van der Waals surface area contributed by atoms with Crippen LogP contribution in [0.15, 0.2) is 18.2 Å². The highest BCUT2D eigenvalue weighted by Gasteiger charge is 2.47. The number of halogens is 1. The van der Waals surface area contributed by atoms with Crippen LogP contribution >= 0.6 is 0 Å². The number of carboxylic acids is 1. The molecular formula is C14H17FN2O4. The zero-order chi connectivity index (χ0) is 15.6. The molecule has 1 aromatic rings. The van der Waals surface area contributed by atoms with Crippen LogP contribution in [0.4, 0.5) is 4.39 Å². The molecule has 1 aliphatic rings. The molecule has 0 aliphatic carbocycles. The zero-order valence-corrected chi connectivity index (χ0v) is 11.9. The zero-order valence-electron chi connectivity index (χ0n) is 11.9. The molecule has 0 radical (unpaired) electrons. The molecule has 0 aromatic carbocycles. The molecule has 7 heteroatoms. The van der Waals surface area contributed by atoms with Crippen LogP contribution in [0.1, 0.15) is 30.8 Å². The van der Waals surface area contributed by atoms with Gasteiger partial charge in [-0.15, -0.1) is 0 Å². The van der Waals surface area contributed by atoms with Gasteiger partial charge >= 0.3 is 5.97 Å². The van der Waals surface area contributed by atoms with Gasteiger partial charge in [0.2, 0.25) is 11.5 Å². The summed E-state index contributed by atoms with van der Waals surface area (Å²) >= 11 is 0. The first-order valence-electron chi connectivity index (χ1n) is 6.67. The van der Waals surface area contributed by atoms with Crippen molar-refractivity contribution in [3.8, 4) is 5.88 Å². The third kappa shape index (κ3) is 3.29. The summed E-state index contributed by atoms with van der Waals surface area (Å²) in [7, 11) is 0. The van der Waals surface area contributed by atoms with Gasteiger partial charge in [-0.1, -0.05) is 6.07 Å². The average Bonchev–Trinajstić information content (AvgIpc) is 2.81. The Bertz CT molecular complexity index is 564. The fraction of sp³-hybridized carbons (Fsp3) is 0.500. The summed E-state index contributed by atoms with van der Waals surface area (Å²) in [6.07, 6.45) is -0.295. The minimum Gasteiger partial charge on any atom is -0.479 e. The summed E-state index contributed by atoms with van der Waals surface area (Å²) in [5, 5.41) is 8.84. The molecule has 1 aliphatic heterocycles. The number of hydrogen-bond donors (Lipinski definition) is 1. The molecule has 1 fully saturated rings. The molecule has 2 rings (SSSR count). The topological polar surface area (TPSA) is 79.7 Å². The van der Waals surface area contributed by atoms with Crippen LogP contribution < -0.4 is 4.74 Å². The molecule has 0 unspecified atom stereocenters. The van der Waals surface area contributed by atoms with Crippen LogP contribution in [0.2, 0.25) is 0 Å². The average molecular weight is 296 g/mol. The van der Waals surface area contributed by atoms with E-state index in [9.17, 15) is 14.0 Å². The molecular weight excluding hydrogens is 279 g/mol. The van der Waals surface area contributed by atoms with Crippen LogP contribution in [0, 0.1) is 0 Å². The van der Waals surface area contributed by atoms with Crippen molar-refractivity contribution in [3.63, 3.8) is 0 Å². The van der Waals surface area contributed by atoms with Gasteiger partial charge in [0.1, 0.15) is 5.69 Å². The number of hydrogen-bond acceptors (Lipinski definition) is 4. The van der Waals surface area contributed by atoms with Gasteiger partial charge in [0.25, 0.3) is 5.91 Å². The number of rotatable bonds is 4. The van der Waals surface area contributed by atoms with Crippen molar-refractivity contribution in [2.24, 2.45) is 0 Å². The van der Waals surface area contributed by atoms with Crippen LogP contribution in [-0.4, -0.2) is 51.7 Å². The molecule has 1 aromatic heterocycles. The maximum atomic E-state index is 14.0. The molecule has 1 N–H and O–H groups in total. The Kier molecular flexibility index (Phi) is 4.11. The van der Waals surface area contributed by atoms with Crippen molar-refractivity contribution in [3.05, 3.63) is 23.9 Å². The number of carbonyl (C=O) groups is 2. The highest BCUT2D eigenvalue weighted by atomic mass is 19.1. The largest absolute Gasteiger partial charge is 0.479 e. The number of ether oxygens (including phenoxy) is 1. The lowest BCUT2D eigenvalue weighted by molar-refractivity contribution is -0.149. The van der Waals surface area contributed by atoms with Crippen molar-refractivity contribution >= 4 is 11.9 Å². The maximum Gasteiger partial charge on any atom is 0.343 e. The van der Waals surface area contributed by atoms with Gasteiger partial charge in [-0.2, -0.15) is 0 Å². The fourth-order valence-electron chi connectivity index (χ4n) is 2.12. The third-order valence-corrected chi connectivity index (χ3v) is 3.19. The molecule has 1 atom stereocenters. The Hall–Kier alpha value is -2.18. The van der Waals surface area contributed by atoms with Gasteiger partial charge in [0.15, 0.2) is 0 Å². The molecule has 0 saturated carbocycles. The van der Waals surface area contributed by atoms with Gasteiger partial charge in [-0.05, 0) is 19.9 Å². The Morgan fingerprint density at radius 3 is 2.76 bits per heavy atom. The number of nitrogens with zero attached hydrogens (tertiary/aromatic N) is 2. The van der Waals surface area contributed by atoms with Gasteiger partial charge in [0, 0.05) is 19.0 Å². The van der Waals surface area contributed by atoms with E-state index < -0.39 is 24.1 Å². The Morgan fingerprint density at radius 1 is 1.48 bits per heavy atom. The Labute approximate surface area is 121 Å². The molecule has 1 saturated heterocycles. The first-order chi connectivity index (χ1) is 9.82. The predicted octanol–water partition coefficient (Wildman–Crippen LogP) is 1.51. The molecule has 0 spiro atoms. The standard InChI is InChI=1S/C14H17FN2O4/c1-9(2)21-11-5-3-4-10(16-11)12(18)17-7-6-14(15,8-17)13(19)20/h3-5,9H,6-8H2,1-2H3,(H,19,20)/t14-/m0/s1. The highest BCUT2D eigenvalue weighted by Crippen LogP contribution is 2.27. The van der Waals surface area contributed by atoms with E-state index in [-0.39, 0.29) is 24.8 Å². The van der Waals surface area contributed by atoms with Gasteiger partial charge in [0.05, 0.1) is 12.6 Å². The summed E-state index contributed by atoms with van der Waals surface area (Å²) in [6.45, 7) is 3.26. The van der Waals surface area contributed by atoms with E-state index in [2.05, 4.69) is 4.98 Å². The van der Waals surface area contributed by atoms with E-state index in [4.69, 9.17) is 9.84 Å². The number of aliphatic carboxylic acids is 1. The Morgan fingerprint density at radius 2 is 2.19 bits per heavy atom. The molecule has 6 nitrogen and oxygen atoms in total. The minimum atomic E-state index is -2.37. The number of carboxylic acid groups (broad SMARTS) is 1. The predicted molar refractivity (Wildman–Crippen MR) is 72.0 cm³/mol. The summed E-state index contributed by atoms with van der Waals surface area (Å²) in [5.41, 5.74) is -2.26. The van der Waals surface area contributed by atoms with Crippen LogP contribution in [0.25, 0.3) is 0 Å². The highest BCUT2D eigenvalue weighted by molar-refractivity contribution is 5.93. The van der Waals surface area contributed by atoms with Crippen molar-refractivity contribution in [1.82, 2.24) is 9.88 Å². The number of likely N-dealkylation sites (tertiary alicyclic amines) is 1. The van der Waals surface area contributed by atoms with Crippen molar-refractivity contribution in [2.75, 3.05) is 13.1 Å². The quantitative estimate of drug-likeness (QED) is 0.911. The Balaban J connectivity index is 2.13. The molecule has 2 heterocycles. The van der Waals surface area contributed by atoms with Gasteiger partial charge in [-0.25, -0.2) is 14.2 Å². The number of pyridine rings is 1.